The van der Waals surface area contributed by atoms with Gasteiger partial charge in [0.15, 0.2) is 0 Å². The van der Waals surface area contributed by atoms with E-state index in [0.717, 1.165) is 27.8 Å². The van der Waals surface area contributed by atoms with Crippen LogP contribution in [-0.2, 0) is 11.2 Å². The van der Waals surface area contributed by atoms with Gasteiger partial charge in [-0.15, -0.1) is 11.3 Å². The number of benzene rings is 1. The van der Waals surface area contributed by atoms with E-state index in [0.29, 0.717) is 13.2 Å². The van der Waals surface area contributed by atoms with Crippen molar-refractivity contribution in [3.63, 3.8) is 0 Å². The zero-order valence-corrected chi connectivity index (χ0v) is 16.1. The summed E-state index contributed by atoms with van der Waals surface area (Å²) in [4.78, 5) is 22.7. The van der Waals surface area contributed by atoms with Crippen molar-refractivity contribution in [2.75, 3.05) is 27.3 Å². The minimum absolute atomic E-state index is 0.0105. The highest BCUT2D eigenvalue weighted by Crippen LogP contribution is 2.23. The van der Waals surface area contributed by atoms with Crippen molar-refractivity contribution in [3.05, 3.63) is 59.9 Å². The second-order valence-corrected chi connectivity index (χ2v) is 6.76. The Balaban J connectivity index is 1.47. The van der Waals surface area contributed by atoms with Crippen molar-refractivity contribution < 1.29 is 14.3 Å². The number of likely N-dealkylation sites (N-methyl/N-ethyl adjacent to an activating group) is 1. The van der Waals surface area contributed by atoms with E-state index in [-0.39, 0.29) is 12.3 Å². The van der Waals surface area contributed by atoms with Crippen LogP contribution in [0.4, 0.5) is 0 Å². The number of ether oxygens (including phenoxy) is 2. The van der Waals surface area contributed by atoms with Crippen LogP contribution < -0.4 is 9.47 Å². The highest BCUT2D eigenvalue weighted by Gasteiger charge is 2.13. The lowest BCUT2D eigenvalue weighted by Crippen LogP contribution is -2.32. The molecule has 0 N–H and O–H groups in total. The molecule has 1 aromatic carbocycles. The van der Waals surface area contributed by atoms with Gasteiger partial charge in [-0.05, 0) is 36.4 Å². The highest BCUT2D eigenvalue weighted by atomic mass is 32.1. The zero-order valence-electron chi connectivity index (χ0n) is 15.3. The van der Waals surface area contributed by atoms with Gasteiger partial charge in [-0.3, -0.25) is 9.78 Å². The van der Waals surface area contributed by atoms with Gasteiger partial charge in [0.2, 0.25) is 5.91 Å². The van der Waals surface area contributed by atoms with E-state index in [1.54, 1.807) is 31.5 Å². The predicted molar refractivity (Wildman–Crippen MR) is 105 cm³/mol. The van der Waals surface area contributed by atoms with Gasteiger partial charge in [0, 0.05) is 30.4 Å². The Labute approximate surface area is 162 Å². The van der Waals surface area contributed by atoms with Gasteiger partial charge in [-0.1, -0.05) is 0 Å². The van der Waals surface area contributed by atoms with E-state index >= 15 is 0 Å². The second-order valence-electron chi connectivity index (χ2n) is 5.90. The fourth-order valence-electron chi connectivity index (χ4n) is 2.40. The van der Waals surface area contributed by atoms with E-state index < -0.39 is 0 Å². The van der Waals surface area contributed by atoms with Gasteiger partial charge in [0.05, 0.1) is 25.8 Å². The smallest absolute Gasteiger partial charge is 0.228 e. The number of carbonyl (C=O) groups excluding carboxylic acids is 1. The van der Waals surface area contributed by atoms with Crippen LogP contribution in [0.3, 0.4) is 0 Å². The highest BCUT2D eigenvalue weighted by molar-refractivity contribution is 7.13. The Hall–Kier alpha value is -2.93. The lowest BCUT2D eigenvalue weighted by molar-refractivity contribution is -0.129. The lowest BCUT2D eigenvalue weighted by atomic mass is 10.3. The maximum atomic E-state index is 12.4. The number of pyridine rings is 1. The molecule has 0 radical (unpaired) electrons. The van der Waals surface area contributed by atoms with Gasteiger partial charge in [0.1, 0.15) is 23.1 Å². The summed E-state index contributed by atoms with van der Waals surface area (Å²) in [6.07, 6.45) is 3.77. The minimum atomic E-state index is 0.0105. The van der Waals surface area contributed by atoms with Gasteiger partial charge in [-0.2, -0.15) is 0 Å². The molecule has 0 saturated heterocycles. The first-order valence-corrected chi connectivity index (χ1v) is 9.39. The predicted octanol–water partition coefficient (Wildman–Crippen LogP) is 3.29. The van der Waals surface area contributed by atoms with Crippen LogP contribution in [0.25, 0.3) is 10.6 Å². The Morgan fingerprint density at radius 1 is 1.19 bits per heavy atom. The molecule has 0 aliphatic carbocycles. The minimum Gasteiger partial charge on any atom is -0.497 e. The van der Waals surface area contributed by atoms with Crippen molar-refractivity contribution in [3.8, 4) is 22.1 Å². The molecular weight excluding hydrogens is 362 g/mol. The van der Waals surface area contributed by atoms with Gasteiger partial charge in [0.25, 0.3) is 0 Å². The SMILES string of the molecule is COc1ccc(OCCN(C)C(=O)Cc2csc(-c3cccnc3)n2)cc1. The molecule has 27 heavy (non-hydrogen) atoms. The van der Waals surface area contributed by atoms with Crippen LogP contribution in [0.5, 0.6) is 11.5 Å². The van der Waals surface area contributed by atoms with Crippen LogP contribution in [-0.4, -0.2) is 48.1 Å². The fourth-order valence-corrected chi connectivity index (χ4v) is 3.21. The summed E-state index contributed by atoms with van der Waals surface area (Å²) in [6.45, 7) is 0.928. The summed E-state index contributed by atoms with van der Waals surface area (Å²) in [7, 11) is 3.40. The number of carbonyl (C=O) groups is 1. The molecule has 0 fully saturated rings. The fraction of sp³-hybridized carbons (Fsp3) is 0.250. The maximum absolute atomic E-state index is 12.4. The molecule has 0 atom stereocenters. The number of hydrogen-bond donors (Lipinski definition) is 0. The van der Waals surface area contributed by atoms with Crippen molar-refractivity contribution >= 4 is 17.2 Å². The summed E-state index contributed by atoms with van der Waals surface area (Å²) in [5, 5.41) is 2.79. The molecule has 0 unspecified atom stereocenters. The van der Waals surface area contributed by atoms with Crippen LogP contribution in [0, 0.1) is 0 Å². The van der Waals surface area contributed by atoms with Gasteiger partial charge < -0.3 is 14.4 Å². The first-order valence-electron chi connectivity index (χ1n) is 8.51. The molecule has 7 heteroatoms. The van der Waals surface area contributed by atoms with Crippen molar-refractivity contribution in [1.82, 2.24) is 14.9 Å². The van der Waals surface area contributed by atoms with Crippen LogP contribution in [0.1, 0.15) is 5.69 Å². The third kappa shape index (κ3) is 5.27. The molecule has 140 valence electrons. The molecule has 1 amide bonds. The lowest BCUT2D eigenvalue weighted by Gasteiger charge is -2.17. The Bertz CT molecular complexity index is 866. The van der Waals surface area contributed by atoms with Crippen molar-refractivity contribution in [2.24, 2.45) is 0 Å². The number of nitrogens with zero attached hydrogens (tertiary/aromatic N) is 3. The van der Waals surface area contributed by atoms with Gasteiger partial charge >= 0.3 is 0 Å². The average molecular weight is 383 g/mol. The normalized spacial score (nSPS) is 10.4. The van der Waals surface area contributed by atoms with Crippen molar-refractivity contribution in [2.45, 2.75) is 6.42 Å². The molecule has 0 aliphatic heterocycles. The molecule has 0 spiro atoms. The Morgan fingerprint density at radius 2 is 1.96 bits per heavy atom. The van der Waals surface area contributed by atoms with E-state index in [9.17, 15) is 4.79 Å². The first kappa shape index (κ1) is 18.8. The summed E-state index contributed by atoms with van der Waals surface area (Å²) in [6, 6.07) is 11.2. The average Bonchev–Trinajstić information content (AvgIpc) is 3.17. The number of thiazole rings is 1. The van der Waals surface area contributed by atoms with E-state index in [1.165, 1.54) is 11.3 Å². The molecule has 3 rings (SSSR count). The first-order chi connectivity index (χ1) is 13.2. The van der Waals surface area contributed by atoms with Crippen LogP contribution in [0.2, 0.25) is 0 Å². The zero-order chi connectivity index (χ0) is 19.1. The van der Waals surface area contributed by atoms with E-state index in [2.05, 4.69) is 9.97 Å². The molecule has 6 nitrogen and oxygen atoms in total. The quantitative estimate of drug-likeness (QED) is 0.597. The molecule has 0 bridgehead atoms. The number of rotatable bonds is 8. The Kier molecular flexibility index (Phi) is 6.38. The molecule has 2 aromatic heterocycles. The van der Waals surface area contributed by atoms with Crippen molar-refractivity contribution in [1.29, 1.82) is 0 Å². The molecule has 3 aromatic rings. The standard InChI is InChI=1S/C20H21N3O3S/c1-23(10-11-26-18-7-5-17(25-2)6-8-18)19(24)12-16-14-27-20(22-16)15-4-3-9-21-13-15/h3-9,13-14H,10-12H2,1-2H3. The summed E-state index contributed by atoms with van der Waals surface area (Å²) in [5.74, 6) is 1.54. The Morgan fingerprint density at radius 3 is 2.67 bits per heavy atom. The second kappa shape index (κ2) is 9.14. The van der Waals surface area contributed by atoms with E-state index in [1.807, 2.05) is 41.8 Å². The third-order valence-corrected chi connectivity index (χ3v) is 4.91. The maximum Gasteiger partial charge on any atom is 0.228 e. The summed E-state index contributed by atoms with van der Waals surface area (Å²) >= 11 is 1.52. The molecule has 0 aliphatic rings. The largest absolute Gasteiger partial charge is 0.497 e. The number of amides is 1. The summed E-state index contributed by atoms with van der Waals surface area (Å²) in [5.41, 5.74) is 1.73. The van der Waals surface area contributed by atoms with Crippen LogP contribution in [0.15, 0.2) is 54.2 Å². The molecule has 2 heterocycles. The molecular formula is C20H21N3O3S. The summed E-state index contributed by atoms with van der Waals surface area (Å²) < 4.78 is 10.8. The number of hydrogen-bond acceptors (Lipinski definition) is 6. The number of aromatic nitrogens is 2. The number of methoxy groups -OCH3 is 1. The van der Waals surface area contributed by atoms with Gasteiger partial charge in [-0.25, -0.2) is 4.98 Å². The molecule has 0 saturated carbocycles. The van der Waals surface area contributed by atoms with E-state index in [4.69, 9.17) is 9.47 Å². The third-order valence-electron chi connectivity index (χ3n) is 3.97. The monoisotopic (exact) mass is 383 g/mol. The topological polar surface area (TPSA) is 64.6 Å². The van der Waals surface area contributed by atoms with Crippen LogP contribution >= 0.6 is 11.3 Å².